The van der Waals surface area contributed by atoms with Crippen LogP contribution in [-0.2, 0) is 4.79 Å². The third kappa shape index (κ3) is 2.37. The van der Waals surface area contributed by atoms with E-state index in [0.29, 0.717) is 10.0 Å². The van der Waals surface area contributed by atoms with E-state index in [1.165, 1.54) is 0 Å². The number of nitrogens with one attached hydrogen (secondary N) is 1. The van der Waals surface area contributed by atoms with Gasteiger partial charge in [0, 0.05) is 0 Å². The van der Waals surface area contributed by atoms with Crippen LogP contribution in [0, 0.1) is 0 Å². The van der Waals surface area contributed by atoms with Crippen LogP contribution in [0.5, 0.6) is 5.75 Å². The van der Waals surface area contributed by atoms with Crippen LogP contribution in [-0.4, -0.2) is 14.5 Å². The molecule has 1 aliphatic rings. The maximum absolute atomic E-state index is 11.4. The van der Waals surface area contributed by atoms with Gasteiger partial charge in [-0.1, -0.05) is 24.4 Å². The lowest BCUT2D eigenvalue weighted by molar-refractivity contribution is -0.107. The highest BCUT2D eigenvalue weighted by Crippen LogP contribution is 2.22. The summed E-state index contributed by atoms with van der Waals surface area (Å²) in [6.07, 6.45) is 1.66. The van der Waals surface area contributed by atoms with Gasteiger partial charge in [-0.2, -0.15) is 0 Å². The molecule has 1 aliphatic heterocycles. The summed E-state index contributed by atoms with van der Waals surface area (Å²) >= 11 is 5.86. The molecule has 15 heavy (non-hydrogen) atoms. The predicted octanol–water partition coefficient (Wildman–Crippen LogP) is 1.88. The Morgan fingerprint density at radius 2 is 2.27 bits per heavy atom. The number of hydrogen-bond acceptors (Lipinski definition) is 4. The topological polar surface area (TPSA) is 49.3 Å². The van der Waals surface area contributed by atoms with E-state index in [-0.39, 0.29) is 10.9 Å². The van der Waals surface area contributed by atoms with E-state index in [9.17, 15) is 9.90 Å². The molecule has 0 amide bonds. The SMILES string of the molecule is O=C1SC(=S)NC1=Cc1cccc(O)c1. The molecule has 0 bridgehead atoms. The van der Waals surface area contributed by atoms with Crippen molar-refractivity contribution in [3.63, 3.8) is 0 Å². The molecule has 2 rings (SSSR count). The lowest BCUT2D eigenvalue weighted by Crippen LogP contribution is -2.09. The number of thiocarbonyl (C=S) groups is 1. The molecule has 1 saturated heterocycles. The average Bonchev–Trinajstić information content (AvgIpc) is 2.45. The molecular formula is C10H7NO2S2. The number of carbonyl (C=O) groups excluding carboxylic acids is 1. The van der Waals surface area contributed by atoms with Crippen molar-refractivity contribution in [2.75, 3.05) is 0 Å². The van der Waals surface area contributed by atoms with Crippen LogP contribution in [0.2, 0.25) is 0 Å². The number of hydrogen-bond donors (Lipinski definition) is 2. The summed E-state index contributed by atoms with van der Waals surface area (Å²) in [5, 5.41) is 11.9. The van der Waals surface area contributed by atoms with E-state index in [1.807, 2.05) is 0 Å². The number of rotatable bonds is 1. The van der Waals surface area contributed by atoms with Crippen molar-refractivity contribution in [1.29, 1.82) is 0 Å². The van der Waals surface area contributed by atoms with Gasteiger partial charge in [-0.3, -0.25) is 4.79 Å². The molecule has 0 radical (unpaired) electrons. The minimum atomic E-state index is -0.0941. The van der Waals surface area contributed by atoms with E-state index in [4.69, 9.17) is 12.2 Å². The van der Waals surface area contributed by atoms with Crippen LogP contribution in [0.4, 0.5) is 0 Å². The second-order valence-corrected chi connectivity index (χ2v) is 4.60. The highest BCUT2D eigenvalue weighted by Gasteiger charge is 2.21. The van der Waals surface area contributed by atoms with Gasteiger partial charge in [0.15, 0.2) is 0 Å². The Morgan fingerprint density at radius 1 is 1.47 bits per heavy atom. The summed E-state index contributed by atoms with van der Waals surface area (Å²) in [6, 6.07) is 6.67. The molecule has 0 saturated carbocycles. The number of aromatic hydroxyl groups is 1. The van der Waals surface area contributed by atoms with Crippen molar-refractivity contribution in [2.45, 2.75) is 0 Å². The monoisotopic (exact) mass is 237 g/mol. The predicted molar refractivity (Wildman–Crippen MR) is 64.4 cm³/mol. The minimum Gasteiger partial charge on any atom is -0.508 e. The van der Waals surface area contributed by atoms with Crippen LogP contribution >= 0.6 is 24.0 Å². The number of phenols is 1. The average molecular weight is 237 g/mol. The van der Waals surface area contributed by atoms with Crippen molar-refractivity contribution in [2.24, 2.45) is 0 Å². The van der Waals surface area contributed by atoms with E-state index in [2.05, 4.69) is 5.32 Å². The Labute approximate surface area is 96.2 Å². The molecule has 2 N–H and O–H groups in total. The molecule has 0 aromatic heterocycles. The minimum absolute atomic E-state index is 0.0941. The molecule has 1 heterocycles. The molecule has 3 nitrogen and oxygen atoms in total. The smallest absolute Gasteiger partial charge is 0.242 e. The standard InChI is InChI=1S/C10H7NO2S2/c12-7-3-1-2-6(4-7)5-8-9(13)15-10(14)11-8/h1-5,12H,(H,11,14). The fraction of sp³-hybridized carbons (Fsp3) is 0. The van der Waals surface area contributed by atoms with Gasteiger partial charge in [0.2, 0.25) is 5.12 Å². The molecule has 76 valence electrons. The lowest BCUT2D eigenvalue weighted by Gasteiger charge is -1.97. The Morgan fingerprint density at radius 3 is 2.87 bits per heavy atom. The first-order chi connectivity index (χ1) is 7.15. The number of phenolic OH excluding ortho intramolecular Hbond substituents is 1. The van der Waals surface area contributed by atoms with Crippen LogP contribution in [0.15, 0.2) is 30.0 Å². The van der Waals surface area contributed by atoms with Gasteiger partial charge >= 0.3 is 0 Å². The van der Waals surface area contributed by atoms with Crippen LogP contribution in [0.3, 0.4) is 0 Å². The summed E-state index contributed by atoms with van der Waals surface area (Å²) in [5.41, 5.74) is 1.21. The van der Waals surface area contributed by atoms with Gasteiger partial charge in [0.1, 0.15) is 10.1 Å². The highest BCUT2D eigenvalue weighted by molar-refractivity contribution is 8.33. The third-order valence-electron chi connectivity index (χ3n) is 1.82. The van der Waals surface area contributed by atoms with Crippen LogP contribution < -0.4 is 5.32 Å². The van der Waals surface area contributed by atoms with Crippen molar-refractivity contribution in [1.82, 2.24) is 5.32 Å². The van der Waals surface area contributed by atoms with E-state index < -0.39 is 0 Å². The number of carbonyl (C=O) groups is 1. The van der Waals surface area contributed by atoms with Crippen molar-refractivity contribution < 1.29 is 9.90 Å². The Hall–Kier alpha value is -1.33. The second-order valence-electron chi connectivity index (χ2n) is 2.95. The van der Waals surface area contributed by atoms with Gasteiger partial charge in [0.25, 0.3) is 0 Å². The van der Waals surface area contributed by atoms with Crippen molar-refractivity contribution in [3.05, 3.63) is 35.5 Å². The molecule has 0 spiro atoms. The van der Waals surface area contributed by atoms with Crippen LogP contribution in [0.25, 0.3) is 6.08 Å². The first-order valence-corrected chi connectivity index (χ1v) is 5.41. The fourth-order valence-electron chi connectivity index (χ4n) is 1.20. The van der Waals surface area contributed by atoms with Gasteiger partial charge in [-0.15, -0.1) is 0 Å². The Balaban J connectivity index is 2.31. The van der Waals surface area contributed by atoms with Gasteiger partial charge in [0.05, 0.1) is 5.70 Å². The van der Waals surface area contributed by atoms with Gasteiger partial charge in [-0.25, -0.2) is 0 Å². The quantitative estimate of drug-likeness (QED) is 0.577. The van der Waals surface area contributed by atoms with E-state index in [1.54, 1.807) is 30.3 Å². The van der Waals surface area contributed by atoms with Gasteiger partial charge < -0.3 is 10.4 Å². The zero-order valence-electron chi connectivity index (χ0n) is 7.56. The van der Waals surface area contributed by atoms with Gasteiger partial charge in [-0.05, 0) is 35.5 Å². The Kier molecular flexibility index (Phi) is 2.75. The summed E-state index contributed by atoms with van der Waals surface area (Å²) < 4.78 is 0.464. The maximum atomic E-state index is 11.4. The summed E-state index contributed by atoms with van der Waals surface area (Å²) in [5.74, 6) is 0.171. The largest absolute Gasteiger partial charge is 0.508 e. The highest BCUT2D eigenvalue weighted by atomic mass is 32.2. The van der Waals surface area contributed by atoms with Crippen molar-refractivity contribution in [3.8, 4) is 5.75 Å². The normalized spacial score (nSPS) is 18.3. The molecule has 0 atom stereocenters. The molecule has 1 aromatic rings. The third-order valence-corrected chi connectivity index (χ3v) is 2.87. The number of thioether (sulfide) groups is 1. The maximum Gasteiger partial charge on any atom is 0.242 e. The first-order valence-electron chi connectivity index (χ1n) is 4.19. The first kappa shape index (κ1) is 10.2. The molecule has 5 heteroatoms. The van der Waals surface area contributed by atoms with Crippen molar-refractivity contribution >= 4 is 39.5 Å². The zero-order chi connectivity index (χ0) is 10.8. The molecular weight excluding hydrogens is 230 g/mol. The lowest BCUT2D eigenvalue weighted by atomic mass is 10.2. The number of benzene rings is 1. The summed E-state index contributed by atoms with van der Waals surface area (Å²) in [6.45, 7) is 0. The van der Waals surface area contributed by atoms with E-state index >= 15 is 0 Å². The van der Waals surface area contributed by atoms with E-state index in [0.717, 1.165) is 17.3 Å². The molecule has 1 fully saturated rings. The second kappa shape index (κ2) is 4.04. The van der Waals surface area contributed by atoms with Crippen LogP contribution in [0.1, 0.15) is 5.56 Å². The molecule has 0 aliphatic carbocycles. The zero-order valence-corrected chi connectivity index (χ0v) is 9.19. The molecule has 1 aromatic carbocycles. The summed E-state index contributed by atoms with van der Waals surface area (Å²) in [7, 11) is 0. The Bertz CT molecular complexity index is 468. The summed E-state index contributed by atoms with van der Waals surface area (Å²) in [4.78, 5) is 11.4. The fourth-order valence-corrected chi connectivity index (χ4v) is 2.09. The molecule has 0 unspecified atom stereocenters.